The molecule has 6 heteroatoms. The molecule has 0 aliphatic carbocycles. The Morgan fingerprint density at radius 3 is 2.34 bits per heavy atom. The second-order valence-corrected chi connectivity index (χ2v) is 7.19. The van der Waals surface area contributed by atoms with E-state index in [1.807, 2.05) is 48.2 Å². The van der Waals surface area contributed by atoms with Gasteiger partial charge >= 0.3 is 0 Å². The average Bonchev–Trinajstić information content (AvgIpc) is 3.06. The van der Waals surface area contributed by atoms with Crippen LogP contribution in [0, 0.1) is 13.8 Å². The van der Waals surface area contributed by atoms with Crippen LogP contribution in [0.3, 0.4) is 0 Å². The summed E-state index contributed by atoms with van der Waals surface area (Å²) >= 11 is 0. The van der Waals surface area contributed by atoms with Crippen molar-refractivity contribution in [3.8, 4) is 11.4 Å². The third-order valence-corrected chi connectivity index (χ3v) is 5.38. The summed E-state index contributed by atoms with van der Waals surface area (Å²) in [5, 5.41) is 11.6. The third-order valence-electron chi connectivity index (χ3n) is 5.38. The van der Waals surface area contributed by atoms with Crippen LogP contribution in [0.15, 0.2) is 59.7 Å². The number of benzene rings is 2. The normalized spacial score (nSPS) is 14.6. The van der Waals surface area contributed by atoms with Crippen LogP contribution in [0.2, 0.25) is 0 Å². The van der Waals surface area contributed by atoms with Gasteiger partial charge in [-0.15, -0.1) is 0 Å². The van der Waals surface area contributed by atoms with Gasteiger partial charge in [0.15, 0.2) is 0 Å². The fourth-order valence-electron chi connectivity index (χ4n) is 3.74. The van der Waals surface area contributed by atoms with Crippen molar-refractivity contribution in [3.05, 3.63) is 71.5 Å². The van der Waals surface area contributed by atoms with E-state index in [4.69, 9.17) is 14.9 Å². The Bertz CT molecular complexity index is 988. The molecule has 4 rings (SSSR count). The largest absolute Gasteiger partial charge is 0.495 e. The van der Waals surface area contributed by atoms with E-state index in [1.165, 1.54) is 0 Å². The Morgan fingerprint density at radius 2 is 1.62 bits per heavy atom. The van der Waals surface area contributed by atoms with Gasteiger partial charge in [-0.3, -0.25) is 5.01 Å². The Balaban J connectivity index is 1.44. The van der Waals surface area contributed by atoms with Gasteiger partial charge in [-0.05, 0) is 38.1 Å². The van der Waals surface area contributed by atoms with Crippen molar-refractivity contribution in [1.82, 2.24) is 14.8 Å². The zero-order valence-corrected chi connectivity index (χ0v) is 17.2. The number of methoxy groups -OCH3 is 1. The van der Waals surface area contributed by atoms with E-state index in [0.29, 0.717) is 0 Å². The molecule has 29 heavy (non-hydrogen) atoms. The maximum atomic E-state index is 5.50. The SMILES string of the molecule is COc1ccccc1N1CCN(/N=C/c2c(C)nn(-c3ccccc3)c2C)CC1. The van der Waals surface area contributed by atoms with E-state index in [1.54, 1.807) is 7.11 Å². The Morgan fingerprint density at radius 1 is 0.931 bits per heavy atom. The lowest BCUT2D eigenvalue weighted by Gasteiger charge is -2.35. The second kappa shape index (κ2) is 8.39. The topological polar surface area (TPSA) is 45.9 Å². The molecule has 1 aromatic heterocycles. The number of hydrazone groups is 1. The minimum atomic E-state index is 0.874. The molecular formula is C23H27N5O. The van der Waals surface area contributed by atoms with Crippen molar-refractivity contribution >= 4 is 11.9 Å². The Labute approximate surface area is 172 Å². The Kier molecular flexibility index (Phi) is 5.51. The maximum Gasteiger partial charge on any atom is 0.142 e. The van der Waals surface area contributed by atoms with Gasteiger partial charge in [0, 0.05) is 18.7 Å². The summed E-state index contributed by atoms with van der Waals surface area (Å²) < 4.78 is 7.48. The highest BCUT2D eigenvalue weighted by Gasteiger charge is 2.19. The second-order valence-electron chi connectivity index (χ2n) is 7.19. The van der Waals surface area contributed by atoms with Gasteiger partial charge in [-0.25, -0.2) is 4.68 Å². The molecule has 0 amide bonds. The lowest BCUT2D eigenvalue weighted by molar-refractivity contribution is 0.271. The Hall–Kier alpha value is -3.28. The van der Waals surface area contributed by atoms with Gasteiger partial charge in [0.25, 0.3) is 0 Å². The first kappa shape index (κ1) is 19.1. The molecule has 2 aromatic carbocycles. The third kappa shape index (κ3) is 3.97. The highest BCUT2D eigenvalue weighted by Crippen LogP contribution is 2.28. The predicted octanol–water partition coefficient (Wildman–Crippen LogP) is 3.65. The van der Waals surface area contributed by atoms with Gasteiger partial charge in [-0.1, -0.05) is 30.3 Å². The molecule has 1 aliphatic rings. The van der Waals surface area contributed by atoms with Crippen molar-refractivity contribution in [2.24, 2.45) is 5.10 Å². The summed E-state index contributed by atoms with van der Waals surface area (Å²) in [5.41, 5.74) is 5.39. The summed E-state index contributed by atoms with van der Waals surface area (Å²) in [6.07, 6.45) is 1.95. The molecule has 1 aliphatic heterocycles. The van der Waals surface area contributed by atoms with Gasteiger partial charge < -0.3 is 9.64 Å². The van der Waals surface area contributed by atoms with Gasteiger partial charge in [-0.2, -0.15) is 10.2 Å². The first-order valence-corrected chi connectivity index (χ1v) is 9.96. The molecule has 6 nitrogen and oxygen atoms in total. The lowest BCUT2D eigenvalue weighted by Crippen LogP contribution is -2.44. The van der Waals surface area contributed by atoms with Crippen LogP contribution in [0.4, 0.5) is 5.69 Å². The lowest BCUT2D eigenvalue weighted by atomic mass is 10.2. The van der Waals surface area contributed by atoms with E-state index in [2.05, 4.69) is 41.1 Å². The van der Waals surface area contributed by atoms with Crippen molar-refractivity contribution in [1.29, 1.82) is 0 Å². The van der Waals surface area contributed by atoms with Crippen LogP contribution in [0.1, 0.15) is 17.0 Å². The summed E-state index contributed by atoms with van der Waals surface area (Å²) in [6.45, 7) is 7.71. The van der Waals surface area contributed by atoms with Crippen LogP contribution in [0.5, 0.6) is 5.75 Å². The van der Waals surface area contributed by atoms with Crippen LogP contribution in [-0.4, -0.2) is 54.3 Å². The number of hydrogen-bond donors (Lipinski definition) is 0. The van der Waals surface area contributed by atoms with E-state index < -0.39 is 0 Å². The molecular weight excluding hydrogens is 362 g/mol. The fraction of sp³-hybridized carbons (Fsp3) is 0.304. The van der Waals surface area contributed by atoms with Gasteiger partial charge in [0.2, 0.25) is 0 Å². The van der Waals surface area contributed by atoms with Crippen LogP contribution < -0.4 is 9.64 Å². The smallest absolute Gasteiger partial charge is 0.142 e. The summed E-state index contributed by atoms with van der Waals surface area (Å²) in [6, 6.07) is 18.4. The van der Waals surface area contributed by atoms with Crippen molar-refractivity contribution in [3.63, 3.8) is 0 Å². The molecule has 2 heterocycles. The quantitative estimate of drug-likeness (QED) is 0.625. The summed E-state index contributed by atoms with van der Waals surface area (Å²) in [4.78, 5) is 2.36. The van der Waals surface area contributed by atoms with Gasteiger partial charge in [0.1, 0.15) is 5.75 Å². The van der Waals surface area contributed by atoms with Crippen molar-refractivity contribution in [2.75, 3.05) is 38.2 Å². The standard InChI is InChI=1S/C23H27N5O/c1-18-21(19(2)28(25-18)20-9-5-4-6-10-20)17-24-27-15-13-26(14-16-27)22-11-7-8-12-23(22)29-3/h4-12,17H,13-16H2,1-3H3/b24-17+. The molecule has 3 aromatic rings. The van der Waals surface area contributed by atoms with Crippen molar-refractivity contribution in [2.45, 2.75) is 13.8 Å². The van der Waals surface area contributed by atoms with Crippen LogP contribution in [0.25, 0.3) is 5.69 Å². The minimum absolute atomic E-state index is 0.874. The number of anilines is 1. The predicted molar refractivity (Wildman–Crippen MR) is 117 cm³/mol. The molecule has 0 unspecified atom stereocenters. The molecule has 0 saturated carbocycles. The first-order valence-electron chi connectivity index (χ1n) is 9.96. The first-order chi connectivity index (χ1) is 14.2. The number of hydrogen-bond acceptors (Lipinski definition) is 5. The highest BCUT2D eigenvalue weighted by atomic mass is 16.5. The zero-order valence-electron chi connectivity index (χ0n) is 17.2. The summed E-state index contributed by atoms with van der Waals surface area (Å²) in [5.74, 6) is 0.920. The van der Waals surface area contributed by atoms with Crippen molar-refractivity contribution < 1.29 is 4.74 Å². The molecule has 0 N–H and O–H groups in total. The maximum absolute atomic E-state index is 5.50. The molecule has 0 spiro atoms. The van der Waals surface area contributed by atoms with E-state index in [0.717, 1.165) is 60.3 Å². The molecule has 1 fully saturated rings. The number of nitrogens with zero attached hydrogens (tertiary/aromatic N) is 5. The number of ether oxygens (including phenoxy) is 1. The molecule has 1 saturated heterocycles. The molecule has 0 atom stereocenters. The number of piperazine rings is 1. The van der Waals surface area contributed by atoms with E-state index in [9.17, 15) is 0 Å². The zero-order chi connectivity index (χ0) is 20.2. The minimum Gasteiger partial charge on any atom is -0.495 e. The monoisotopic (exact) mass is 389 g/mol. The molecule has 150 valence electrons. The number of aryl methyl sites for hydroxylation is 1. The van der Waals surface area contributed by atoms with Gasteiger partial charge in [0.05, 0.1) is 49.2 Å². The van der Waals surface area contributed by atoms with Crippen LogP contribution in [-0.2, 0) is 0 Å². The highest BCUT2D eigenvalue weighted by molar-refractivity contribution is 5.82. The molecule has 0 radical (unpaired) electrons. The number of aromatic nitrogens is 2. The van der Waals surface area contributed by atoms with E-state index >= 15 is 0 Å². The van der Waals surface area contributed by atoms with Crippen LogP contribution >= 0.6 is 0 Å². The molecule has 0 bridgehead atoms. The fourth-order valence-corrected chi connectivity index (χ4v) is 3.74. The average molecular weight is 390 g/mol. The number of rotatable bonds is 5. The number of para-hydroxylation sites is 3. The summed E-state index contributed by atoms with van der Waals surface area (Å²) in [7, 11) is 1.72. The van der Waals surface area contributed by atoms with E-state index in [-0.39, 0.29) is 0 Å².